The Morgan fingerprint density at radius 2 is 0.891 bits per heavy atom. The Bertz CT molecular complexity index is 4550. The van der Waals surface area contributed by atoms with Crippen LogP contribution < -0.4 is 10.6 Å². The second-order valence-corrected chi connectivity index (χ2v) is 26.9. The van der Waals surface area contributed by atoms with E-state index in [4.69, 9.17) is 62.0 Å². The molecule has 0 radical (unpaired) electrons. The van der Waals surface area contributed by atoms with Crippen LogP contribution in [0.2, 0.25) is 15.1 Å². The van der Waals surface area contributed by atoms with Gasteiger partial charge < -0.3 is 20.4 Å². The zero-order chi connectivity index (χ0) is 60.5. The molecule has 24 heteroatoms. The Morgan fingerprint density at radius 1 is 0.511 bits per heavy atom. The Labute approximate surface area is 570 Å². The Balaban J connectivity index is 0.000000150. The number of aliphatic imine (C=N–C) groups is 3. The van der Waals surface area contributed by atoms with Crippen molar-refractivity contribution < 1.29 is 4.79 Å². The number of rotatable bonds is 4. The summed E-state index contributed by atoms with van der Waals surface area (Å²) in [7, 11) is 0. The molecule has 16 rings (SSSR count). The van der Waals surface area contributed by atoms with Crippen molar-refractivity contribution in [1.82, 2.24) is 59.4 Å². The minimum Gasteiger partial charge on any atom is -0.344 e. The summed E-state index contributed by atoms with van der Waals surface area (Å²) in [4.78, 5) is 34.8. The molecule has 0 unspecified atom stereocenters. The van der Waals surface area contributed by atoms with E-state index in [1.807, 2.05) is 104 Å². The smallest absolute Gasteiger partial charge is 0.219 e. The molecule has 10 aromatic rings. The molecule has 1 amide bonds. The van der Waals surface area contributed by atoms with Crippen molar-refractivity contribution in [1.29, 1.82) is 0 Å². The van der Waals surface area contributed by atoms with E-state index in [0.29, 0.717) is 36.2 Å². The second-order valence-electron chi connectivity index (χ2n) is 22.1. The number of nitrogens with one attached hydrogen (secondary N) is 2. The molecule has 2 N–H and O–H groups in total. The molecule has 92 heavy (non-hydrogen) atoms. The largest absolute Gasteiger partial charge is 0.344 e. The van der Waals surface area contributed by atoms with Crippen LogP contribution in [-0.4, -0.2) is 102 Å². The average Bonchev–Trinajstić information content (AvgIpc) is 1.61. The predicted molar refractivity (Wildman–Crippen MR) is 383 cm³/mol. The molecular formula is C68H73Cl3N16OS4. The maximum absolute atomic E-state index is 11.9. The number of amides is 1. The van der Waals surface area contributed by atoms with E-state index in [1.165, 1.54) is 47.4 Å². The van der Waals surface area contributed by atoms with Gasteiger partial charge in [-0.1, -0.05) is 137 Å². The molecule has 12 heterocycles. The van der Waals surface area contributed by atoms with Gasteiger partial charge in [-0.3, -0.25) is 33.5 Å². The fourth-order valence-electron chi connectivity index (χ4n) is 12.2. The molecule has 476 valence electrons. The zero-order valence-corrected chi connectivity index (χ0v) is 54.2. The molecule has 0 spiro atoms. The van der Waals surface area contributed by atoms with Gasteiger partial charge in [0.2, 0.25) is 5.91 Å². The summed E-state index contributed by atoms with van der Waals surface area (Å²) in [6.45, 7) is 15.9. The van der Waals surface area contributed by atoms with Crippen LogP contribution in [0.25, 0.3) is 15.0 Å². The maximum Gasteiger partial charge on any atom is 0.219 e. The van der Waals surface area contributed by atoms with Gasteiger partial charge in [0.15, 0.2) is 22.6 Å². The first-order chi connectivity index (χ1) is 42.8. The summed E-state index contributed by atoms with van der Waals surface area (Å²) in [5.74, 6) is 5.26. The first-order valence-corrected chi connectivity index (χ1v) is 32.9. The SMILES string of the molecule is C.C.C.C.CC(=O)N1CCc2c(sc3c2C(c2ccccc2Cl)=NCc2nnc(C)n2-3)C1.Cc1ccc(NC(=S)N2CCc3c(sc4c3C(c3ccccc3Cl)=NCc3nnc(C)n3-4)C2)cc1.Cc1nnc2n1-c1sc3c(c1C(c1ccccc1Cl)=NC2)CCNC3. The third kappa shape index (κ3) is 12.3. The van der Waals surface area contributed by atoms with Gasteiger partial charge in [0.25, 0.3) is 0 Å². The van der Waals surface area contributed by atoms with Crippen LogP contribution in [-0.2, 0) is 63.3 Å². The second kappa shape index (κ2) is 27.9. The van der Waals surface area contributed by atoms with E-state index < -0.39 is 0 Å². The summed E-state index contributed by atoms with van der Waals surface area (Å²) in [5, 5.41) is 39.0. The standard InChI is InChI=1S/C26H23ClN6S2.C20H18ClN5OS.C18H16ClN5S.4CH4/c1-15-7-9-17(10-8-15)29-26(34)32-12-11-19-21(14-32)35-25-23(19)24(18-5-3-4-6-20(18)27)28-13-22-31-30-16(2)33(22)25;1-11-23-24-17-9-22-19(13-5-3-4-6-15(13)21)18-14-7-8-25(12(2)27)10-16(14)28-20(18)26(11)17;1-10-22-23-15-9-21-17(11-4-2-3-5-13(11)19)16-12-6-7-20-8-14(12)25-18(16)24(10)15;;;;/h3-10H,11-14H2,1-2H3,(H,29,34);3-6H,7-10H2,1-2H3;2-5,20H,6-9H2,1H3;4*1H4. The molecule has 0 atom stereocenters. The summed E-state index contributed by atoms with van der Waals surface area (Å²) >= 11 is 30.8. The molecule has 0 fully saturated rings. The van der Waals surface area contributed by atoms with Crippen molar-refractivity contribution in [3.8, 4) is 15.0 Å². The number of hydrogen-bond donors (Lipinski definition) is 2. The first-order valence-electron chi connectivity index (χ1n) is 28.9. The highest BCUT2D eigenvalue weighted by molar-refractivity contribution is 7.80. The minimum atomic E-state index is 0. The van der Waals surface area contributed by atoms with Crippen LogP contribution in [0.3, 0.4) is 0 Å². The molecule has 6 aromatic heterocycles. The normalized spacial score (nSPS) is 14.5. The van der Waals surface area contributed by atoms with Crippen molar-refractivity contribution in [3.63, 3.8) is 0 Å². The number of aromatic nitrogens is 9. The number of thiophene rings is 3. The Morgan fingerprint density at radius 3 is 1.30 bits per heavy atom. The number of carbonyl (C=O) groups is 1. The van der Waals surface area contributed by atoms with Crippen LogP contribution in [0.1, 0.15) is 142 Å². The maximum atomic E-state index is 11.9. The third-order valence-electron chi connectivity index (χ3n) is 16.5. The van der Waals surface area contributed by atoms with Crippen LogP contribution in [0.5, 0.6) is 0 Å². The lowest BCUT2D eigenvalue weighted by molar-refractivity contribution is -0.129. The lowest BCUT2D eigenvalue weighted by atomic mass is 9.95. The van der Waals surface area contributed by atoms with Gasteiger partial charge in [0.05, 0.1) is 30.2 Å². The number of carbonyl (C=O) groups excluding carboxylic acids is 1. The number of fused-ring (bicyclic) bond motifs is 15. The minimum absolute atomic E-state index is 0. The van der Waals surface area contributed by atoms with E-state index in [-0.39, 0.29) is 35.6 Å². The van der Waals surface area contributed by atoms with E-state index >= 15 is 0 Å². The van der Waals surface area contributed by atoms with Crippen LogP contribution >= 0.6 is 81.0 Å². The molecule has 0 saturated carbocycles. The van der Waals surface area contributed by atoms with Crippen molar-refractivity contribution >= 4 is 115 Å². The van der Waals surface area contributed by atoms with Crippen molar-refractivity contribution in [2.75, 3.05) is 25.0 Å². The lowest BCUT2D eigenvalue weighted by Gasteiger charge is -2.30. The number of aryl methyl sites for hydroxylation is 4. The van der Waals surface area contributed by atoms with E-state index in [0.717, 1.165) is 158 Å². The van der Waals surface area contributed by atoms with Crippen molar-refractivity contribution in [2.24, 2.45) is 15.0 Å². The number of benzene rings is 4. The van der Waals surface area contributed by atoms with Crippen LogP contribution in [0, 0.1) is 27.7 Å². The molecule has 0 bridgehead atoms. The third-order valence-corrected chi connectivity index (χ3v) is 21.5. The van der Waals surface area contributed by atoms with E-state index in [9.17, 15) is 4.79 Å². The molecule has 17 nitrogen and oxygen atoms in total. The van der Waals surface area contributed by atoms with Gasteiger partial charge >= 0.3 is 0 Å². The molecule has 4 aromatic carbocycles. The van der Waals surface area contributed by atoms with E-state index in [2.05, 4.69) is 97.1 Å². The highest BCUT2D eigenvalue weighted by Gasteiger charge is 2.36. The van der Waals surface area contributed by atoms with Crippen LogP contribution in [0.15, 0.2) is 112 Å². The topological polar surface area (TPSA) is 177 Å². The number of nitrogens with zero attached hydrogens (tertiary/aromatic N) is 14. The number of thiocarbonyl (C=S) groups is 1. The first kappa shape index (κ1) is 67.3. The molecule has 0 aliphatic carbocycles. The summed E-state index contributed by atoms with van der Waals surface area (Å²) < 4.78 is 6.41. The Kier molecular flexibility index (Phi) is 20.4. The highest BCUT2D eigenvalue weighted by Crippen LogP contribution is 2.44. The van der Waals surface area contributed by atoms with Crippen molar-refractivity contribution in [3.05, 3.63) is 217 Å². The monoisotopic (exact) mass is 1360 g/mol. The van der Waals surface area contributed by atoms with Gasteiger partial charge in [-0.05, 0) is 113 Å². The summed E-state index contributed by atoms with van der Waals surface area (Å²) in [6.07, 6.45) is 2.68. The fourth-order valence-corrected chi connectivity index (χ4v) is 17.4. The molecular weight excluding hydrogens is 1290 g/mol. The zero-order valence-electron chi connectivity index (χ0n) is 48.7. The van der Waals surface area contributed by atoms with Gasteiger partial charge in [0, 0.05) is 95.3 Å². The van der Waals surface area contributed by atoms with Gasteiger partial charge in [0.1, 0.15) is 52.1 Å². The quantitative estimate of drug-likeness (QED) is 0.160. The molecule has 6 aliphatic rings. The number of hydrogen-bond acceptors (Lipinski definition) is 15. The van der Waals surface area contributed by atoms with E-state index in [1.54, 1.807) is 29.6 Å². The highest BCUT2D eigenvalue weighted by atomic mass is 35.5. The van der Waals surface area contributed by atoms with Crippen LogP contribution in [0.4, 0.5) is 5.69 Å². The van der Waals surface area contributed by atoms with Gasteiger partial charge in [-0.25, -0.2) is 0 Å². The number of anilines is 1. The average molecular weight is 1370 g/mol. The Hall–Kier alpha value is -7.60. The van der Waals surface area contributed by atoms with Crippen molar-refractivity contribution in [2.45, 2.75) is 123 Å². The molecule has 6 aliphatic heterocycles. The molecule has 0 saturated heterocycles. The fraction of sp³-hybridized carbons (Fsp3) is 0.309. The number of halogens is 3. The van der Waals surface area contributed by atoms with Gasteiger partial charge in [-0.15, -0.1) is 64.6 Å². The summed E-state index contributed by atoms with van der Waals surface area (Å²) in [5.41, 5.74) is 15.3. The van der Waals surface area contributed by atoms with Gasteiger partial charge in [-0.2, -0.15) is 0 Å². The lowest BCUT2D eigenvalue weighted by Crippen LogP contribution is -2.38. The predicted octanol–water partition coefficient (Wildman–Crippen LogP) is 15.1. The summed E-state index contributed by atoms with van der Waals surface area (Å²) in [6, 6.07) is 32.0.